The molecule has 3 atom stereocenters. The van der Waals surface area contributed by atoms with Gasteiger partial charge in [-0.3, -0.25) is 9.59 Å². The SMILES string of the molecule is O=C(N1CCC2(CC1)C(=O)Nc1ccccc12)N1CCC[C@H](NC(=O)C23CC4CC(C2)C(O)C(C4)C3)C1. The van der Waals surface area contributed by atoms with Crippen molar-refractivity contribution in [1.29, 1.82) is 0 Å². The minimum atomic E-state index is -0.531. The first-order valence-electron chi connectivity index (χ1n) is 14.3. The molecule has 0 aromatic heterocycles. The van der Waals surface area contributed by atoms with E-state index >= 15 is 0 Å². The highest BCUT2D eigenvalue weighted by molar-refractivity contribution is 6.06. The second-order valence-electron chi connectivity index (χ2n) is 12.9. The van der Waals surface area contributed by atoms with Crippen molar-refractivity contribution in [2.75, 3.05) is 31.5 Å². The van der Waals surface area contributed by atoms with Crippen LogP contribution in [0.4, 0.5) is 10.5 Å². The third kappa shape index (κ3) is 3.62. The molecule has 2 unspecified atom stereocenters. The summed E-state index contributed by atoms with van der Waals surface area (Å²) in [5.41, 5.74) is 1.11. The number of fused-ring (bicyclic) bond motifs is 2. The molecule has 8 rings (SSSR count). The van der Waals surface area contributed by atoms with Gasteiger partial charge >= 0.3 is 6.03 Å². The van der Waals surface area contributed by atoms with Gasteiger partial charge in [0.15, 0.2) is 0 Å². The van der Waals surface area contributed by atoms with E-state index in [9.17, 15) is 19.5 Å². The predicted octanol–water partition coefficient (Wildman–Crippen LogP) is 2.86. The van der Waals surface area contributed by atoms with E-state index in [0.717, 1.165) is 56.2 Å². The zero-order chi connectivity index (χ0) is 25.4. The van der Waals surface area contributed by atoms with Crippen LogP contribution in [0.15, 0.2) is 24.3 Å². The summed E-state index contributed by atoms with van der Waals surface area (Å²) in [5, 5.41) is 17.0. The zero-order valence-electron chi connectivity index (χ0n) is 21.5. The molecule has 1 aromatic rings. The number of piperidine rings is 2. The van der Waals surface area contributed by atoms with Crippen LogP contribution in [-0.4, -0.2) is 71.1 Å². The van der Waals surface area contributed by atoms with Gasteiger partial charge in [0.2, 0.25) is 11.8 Å². The summed E-state index contributed by atoms with van der Waals surface area (Å²) < 4.78 is 0. The monoisotopic (exact) mass is 506 g/mol. The number of aliphatic hydroxyl groups excluding tert-OH is 1. The van der Waals surface area contributed by atoms with Crippen LogP contribution in [0.5, 0.6) is 0 Å². The average Bonchev–Trinajstić information content (AvgIpc) is 3.17. The van der Waals surface area contributed by atoms with E-state index in [0.29, 0.717) is 44.9 Å². The number of amides is 4. The fraction of sp³-hybridized carbons (Fsp3) is 0.690. The Kier molecular flexibility index (Phi) is 5.37. The maximum atomic E-state index is 13.6. The van der Waals surface area contributed by atoms with Crippen LogP contribution in [0.1, 0.15) is 63.4 Å². The maximum absolute atomic E-state index is 13.6. The largest absolute Gasteiger partial charge is 0.393 e. The lowest BCUT2D eigenvalue weighted by atomic mass is 9.48. The van der Waals surface area contributed by atoms with Gasteiger partial charge in [0, 0.05) is 37.9 Å². The predicted molar refractivity (Wildman–Crippen MR) is 138 cm³/mol. The highest BCUT2D eigenvalue weighted by Gasteiger charge is 2.58. The minimum Gasteiger partial charge on any atom is -0.393 e. The summed E-state index contributed by atoms with van der Waals surface area (Å²) in [5.74, 6) is 1.34. The number of carbonyl (C=O) groups excluding carboxylic acids is 3. The first-order valence-corrected chi connectivity index (χ1v) is 14.3. The third-order valence-electron chi connectivity index (χ3n) is 10.7. The van der Waals surface area contributed by atoms with Crippen molar-refractivity contribution in [2.45, 2.75) is 75.3 Å². The molecule has 6 fully saturated rings. The molecule has 1 spiro atoms. The quantitative estimate of drug-likeness (QED) is 0.574. The molecule has 8 nitrogen and oxygen atoms in total. The van der Waals surface area contributed by atoms with E-state index in [1.165, 1.54) is 0 Å². The number of likely N-dealkylation sites (tertiary alicyclic amines) is 2. The molecule has 0 radical (unpaired) electrons. The van der Waals surface area contributed by atoms with Crippen molar-refractivity contribution in [3.05, 3.63) is 29.8 Å². The Bertz CT molecular complexity index is 1110. The molecule has 198 valence electrons. The molecule has 4 saturated carbocycles. The van der Waals surface area contributed by atoms with Gasteiger partial charge in [0.05, 0.1) is 16.9 Å². The molecule has 4 aliphatic carbocycles. The first-order chi connectivity index (χ1) is 17.9. The number of rotatable bonds is 2. The van der Waals surface area contributed by atoms with E-state index in [1.54, 1.807) is 0 Å². The van der Waals surface area contributed by atoms with Crippen molar-refractivity contribution < 1.29 is 19.5 Å². The zero-order valence-corrected chi connectivity index (χ0v) is 21.5. The van der Waals surface area contributed by atoms with Gasteiger partial charge < -0.3 is 25.5 Å². The number of nitrogens with one attached hydrogen (secondary N) is 2. The standard InChI is InChI=1S/C29H38N4O4/c34-24-19-12-18-13-20(24)16-28(14-18,15-19)25(35)30-21-4-3-9-33(17-21)27(37)32-10-7-29(8-11-32)22-5-1-2-6-23(22)31-26(29)36/h1-2,5-6,18-21,24,34H,3-4,7-17H2,(H,30,35)(H,31,36)/t18?,19?,20?,21-,24?,28?/m0/s1. The van der Waals surface area contributed by atoms with Crippen LogP contribution >= 0.6 is 0 Å². The van der Waals surface area contributed by atoms with E-state index < -0.39 is 5.41 Å². The second-order valence-corrected chi connectivity index (χ2v) is 12.9. The molecule has 2 saturated heterocycles. The molecule has 3 heterocycles. The molecule has 3 aliphatic heterocycles. The molecule has 4 bridgehead atoms. The Morgan fingerprint density at radius 2 is 1.73 bits per heavy atom. The Labute approximate surface area is 218 Å². The Morgan fingerprint density at radius 1 is 1.00 bits per heavy atom. The smallest absolute Gasteiger partial charge is 0.320 e. The van der Waals surface area contributed by atoms with Gasteiger partial charge in [-0.15, -0.1) is 0 Å². The van der Waals surface area contributed by atoms with E-state index in [4.69, 9.17) is 0 Å². The summed E-state index contributed by atoms with van der Waals surface area (Å²) in [4.78, 5) is 43.8. The molecule has 8 heteroatoms. The highest BCUT2D eigenvalue weighted by atomic mass is 16.3. The van der Waals surface area contributed by atoms with Crippen LogP contribution in [0.3, 0.4) is 0 Å². The summed E-state index contributed by atoms with van der Waals surface area (Å²) in [6, 6.07) is 7.91. The molecule has 37 heavy (non-hydrogen) atoms. The molecule has 7 aliphatic rings. The highest BCUT2D eigenvalue weighted by Crippen LogP contribution is 2.60. The average molecular weight is 507 g/mol. The lowest BCUT2D eigenvalue weighted by Crippen LogP contribution is -2.61. The summed E-state index contributed by atoms with van der Waals surface area (Å²) in [6.07, 6.45) is 7.54. The summed E-state index contributed by atoms with van der Waals surface area (Å²) in [7, 11) is 0. The van der Waals surface area contributed by atoms with Gasteiger partial charge in [0.1, 0.15) is 0 Å². The van der Waals surface area contributed by atoms with Gasteiger partial charge in [-0.25, -0.2) is 4.79 Å². The van der Waals surface area contributed by atoms with Crippen molar-refractivity contribution in [2.24, 2.45) is 23.2 Å². The van der Waals surface area contributed by atoms with Crippen molar-refractivity contribution in [3.63, 3.8) is 0 Å². The number of carbonyl (C=O) groups is 3. The van der Waals surface area contributed by atoms with E-state index in [-0.39, 0.29) is 47.2 Å². The van der Waals surface area contributed by atoms with Crippen LogP contribution in [0.2, 0.25) is 0 Å². The maximum Gasteiger partial charge on any atom is 0.320 e. The van der Waals surface area contributed by atoms with Crippen molar-refractivity contribution >= 4 is 23.5 Å². The van der Waals surface area contributed by atoms with Crippen LogP contribution < -0.4 is 10.6 Å². The van der Waals surface area contributed by atoms with Crippen LogP contribution in [0, 0.1) is 23.2 Å². The Morgan fingerprint density at radius 3 is 2.49 bits per heavy atom. The number of anilines is 1. The minimum absolute atomic E-state index is 0.0215. The number of hydrogen-bond acceptors (Lipinski definition) is 4. The molecular weight excluding hydrogens is 468 g/mol. The second kappa shape index (κ2) is 8.45. The first kappa shape index (κ1) is 23.5. The van der Waals surface area contributed by atoms with Gasteiger partial charge in [-0.05, 0) is 87.2 Å². The molecule has 3 N–H and O–H groups in total. The van der Waals surface area contributed by atoms with Gasteiger partial charge in [-0.1, -0.05) is 18.2 Å². The summed E-state index contributed by atoms with van der Waals surface area (Å²) in [6.45, 7) is 2.37. The number of benzene rings is 1. The van der Waals surface area contributed by atoms with Gasteiger partial charge in [0.25, 0.3) is 0 Å². The van der Waals surface area contributed by atoms with Crippen LogP contribution in [0.25, 0.3) is 0 Å². The fourth-order valence-corrected chi connectivity index (χ4v) is 9.03. The fourth-order valence-electron chi connectivity index (χ4n) is 9.03. The number of urea groups is 1. The number of para-hydroxylation sites is 1. The van der Waals surface area contributed by atoms with Crippen molar-refractivity contribution in [1.82, 2.24) is 15.1 Å². The molecule has 4 amide bonds. The lowest BCUT2D eigenvalue weighted by Gasteiger charge is -2.58. The lowest BCUT2D eigenvalue weighted by molar-refractivity contribution is -0.164. The van der Waals surface area contributed by atoms with E-state index in [1.807, 2.05) is 34.1 Å². The topological polar surface area (TPSA) is 102 Å². The number of aliphatic hydroxyl groups is 1. The molecule has 1 aromatic carbocycles. The van der Waals surface area contributed by atoms with Gasteiger partial charge in [-0.2, -0.15) is 0 Å². The van der Waals surface area contributed by atoms with Crippen molar-refractivity contribution in [3.8, 4) is 0 Å². The van der Waals surface area contributed by atoms with E-state index in [2.05, 4.69) is 10.6 Å². The van der Waals surface area contributed by atoms with Crippen LogP contribution in [-0.2, 0) is 15.0 Å². The third-order valence-corrected chi connectivity index (χ3v) is 10.7. The number of hydrogen-bond donors (Lipinski definition) is 3. The Balaban J connectivity index is 0.978. The summed E-state index contributed by atoms with van der Waals surface area (Å²) >= 11 is 0. The normalized spacial score (nSPS) is 37.4. The molecular formula is C29H38N4O4. The number of nitrogens with zero attached hydrogens (tertiary/aromatic N) is 2. The Hall–Kier alpha value is -2.61.